The van der Waals surface area contributed by atoms with Gasteiger partial charge in [0.05, 0.1) is 12.2 Å². The smallest absolute Gasteiger partial charge is 0.341 e. The van der Waals surface area contributed by atoms with E-state index in [0.29, 0.717) is 0 Å². The quantitative estimate of drug-likeness (QED) is 0.689. The zero-order chi connectivity index (χ0) is 14.3. The Hall–Kier alpha value is -1.45. The first-order chi connectivity index (χ1) is 9.10. The molecule has 0 amide bonds. The van der Waals surface area contributed by atoms with Crippen LogP contribution in [0.3, 0.4) is 0 Å². The lowest BCUT2D eigenvalue weighted by Gasteiger charge is -2.14. The molecule has 4 heteroatoms. The molecular weight excluding hydrogens is 250 g/mol. The lowest BCUT2D eigenvalue weighted by atomic mass is 10.0. The molecule has 0 N–H and O–H groups in total. The van der Waals surface area contributed by atoms with Crippen molar-refractivity contribution in [1.29, 1.82) is 0 Å². The summed E-state index contributed by atoms with van der Waals surface area (Å²) in [6.07, 6.45) is 4.04. The number of halogens is 2. The van der Waals surface area contributed by atoms with Crippen molar-refractivity contribution in [3.8, 4) is 0 Å². The van der Waals surface area contributed by atoms with E-state index in [2.05, 4.69) is 6.92 Å². The Balaban J connectivity index is 2.57. The third kappa shape index (κ3) is 4.62. The Bertz CT molecular complexity index is 419. The molecule has 0 aliphatic heterocycles. The summed E-state index contributed by atoms with van der Waals surface area (Å²) < 4.78 is 31.4. The number of benzene rings is 1. The van der Waals surface area contributed by atoms with Gasteiger partial charge in [0, 0.05) is 0 Å². The lowest BCUT2D eigenvalue weighted by Crippen LogP contribution is -2.15. The van der Waals surface area contributed by atoms with Crippen LogP contribution in [-0.4, -0.2) is 12.6 Å². The molecule has 106 valence electrons. The van der Waals surface area contributed by atoms with Crippen LogP contribution in [0.25, 0.3) is 0 Å². The van der Waals surface area contributed by atoms with Gasteiger partial charge in [-0.05, 0) is 24.5 Å². The maximum absolute atomic E-state index is 13.4. The van der Waals surface area contributed by atoms with Crippen LogP contribution in [0.5, 0.6) is 0 Å². The van der Waals surface area contributed by atoms with Crippen molar-refractivity contribution in [2.75, 3.05) is 6.61 Å². The van der Waals surface area contributed by atoms with Crippen LogP contribution in [0.1, 0.15) is 49.9 Å². The molecule has 0 spiro atoms. The minimum Gasteiger partial charge on any atom is -0.462 e. The number of ether oxygens (including phenoxy) is 1. The summed E-state index contributed by atoms with van der Waals surface area (Å²) in [7, 11) is 0. The summed E-state index contributed by atoms with van der Waals surface area (Å²) in [4.78, 5) is 11.7. The summed E-state index contributed by atoms with van der Waals surface area (Å²) in [6.45, 7) is 4.38. The second-order valence-corrected chi connectivity index (χ2v) is 4.62. The molecule has 1 atom stereocenters. The van der Waals surface area contributed by atoms with Gasteiger partial charge in [-0.1, -0.05) is 39.2 Å². The molecule has 0 bridgehead atoms. The van der Waals surface area contributed by atoms with Crippen LogP contribution in [-0.2, 0) is 4.74 Å². The fraction of sp³-hybridized carbons (Fsp3) is 0.533. The SMILES string of the molecule is CCCCC(CC)COC(=O)c1cccc(F)c1F. The predicted octanol–water partition coefficient (Wildman–Crippen LogP) is 4.34. The molecule has 0 saturated carbocycles. The summed E-state index contributed by atoms with van der Waals surface area (Å²) in [5.74, 6) is -2.70. The zero-order valence-corrected chi connectivity index (χ0v) is 11.4. The Morgan fingerprint density at radius 1 is 1.32 bits per heavy atom. The van der Waals surface area contributed by atoms with E-state index in [1.54, 1.807) is 0 Å². The minimum atomic E-state index is -1.14. The highest BCUT2D eigenvalue weighted by Crippen LogP contribution is 2.16. The first-order valence-corrected chi connectivity index (χ1v) is 6.71. The first-order valence-electron chi connectivity index (χ1n) is 6.71. The van der Waals surface area contributed by atoms with E-state index in [4.69, 9.17) is 4.74 Å². The maximum Gasteiger partial charge on any atom is 0.341 e. The standard InChI is InChI=1S/C15H20F2O2/c1-3-5-7-11(4-2)10-19-15(18)12-8-6-9-13(16)14(12)17/h6,8-9,11H,3-5,7,10H2,1-2H3. The van der Waals surface area contributed by atoms with Gasteiger partial charge in [0.25, 0.3) is 0 Å². The molecule has 1 aromatic rings. The molecule has 19 heavy (non-hydrogen) atoms. The Morgan fingerprint density at radius 2 is 2.05 bits per heavy atom. The molecule has 0 fully saturated rings. The molecule has 0 aliphatic rings. The van der Waals surface area contributed by atoms with E-state index in [-0.39, 0.29) is 18.1 Å². The van der Waals surface area contributed by atoms with E-state index in [1.165, 1.54) is 12.1 Å². The van der Waals surface area contributed by atoms with E-state index in [1.807, 2.05) is 6.92 Å². The maximum atomic E-state index is 13.4. The molecule has 0 aromatic heterocycles. The normalized spacial score (nSPS) is 12.2. The van der Waals surface area contributed by atoms with E-state index < -0.39 is 17.6 Å². The van der Waals surface area contributed by atoms with Crippen LogP contribution < -0.4 is 0 Å². The van der Waals surface area contributed by atoms with Crippen molar-refractivity contribution >= 4 is 5.97 Å². The van der Waals surface area contributed by atoms with E-state index in [9.17, 15) is 13.6 Å². The van der Waals surface area contributed by atoms with Crippen LogP contribution in [0, 0.1) is 17.6 Å². The average molecular weight is 270 g/mol. The van der Waals surface area contributed by atoms with Crippen molar-refractivity contribution < 1.29 is 18.3 Å². The second kappa shape index (κ2) is 7.87. The van der Waals surface area contributed by atoms with E-state index >= 15 is 0 Å². The molecule has 0 radical (unpaired) electrons. The Kier molecular flexibility index (Phi) is 6.46. The summed E-state index contributed by atoms with van der Waals surface area (Å²) in [5.41, 5.74) is -0.342. The highest BCUT2D eigenvalue weighted by molar-refractivity contribution is 5.89. The van der Waals surface area contributed by atoms with Gasteiger partial charge in [0.1, 0.15) is 0 Å². The highest BCUT2D eigenvalue weighted by atomic mass is 19.2. The van der Waals surface area contributed by atoms with Gasteiger partial charge in [0.15, 0.2) is 11.6 Å². The summed E-state index contributed by atoms with van der Waals surface area (Å²) in [6, 6.07) is 3.50. The molecule has 0 saturated heterocycles. The number of esters is 1. The van der Waals surface area contributed by atoms with Gasteiger partial charge in [-0.25, -0.2) is 13.6 Å². The molecule has 1 unspecified atom stereocenters. The molecule has 0 aliphatic carbocycles. The van der Waals surface area contributed by atoms with Crippen LogP contribution in [0.4, 0.5) is 8.78 Å². The third-order valence-electron chi connectivity index (χ3n) is 3.16. The summed E-state index contributed by atoms with van der Waals surface area (Å²) >= 11 is 0. The lowest BCUT2D eigenvalue weighted by molar-refractivity contribution is 0.0421. The molecule has 1 aromatic carbocycles. The number of unbranched alkanes of at least 4 members (excludes halogenated alkanes) is 1. The number of carbonyl (C=O) groups excluding carboxylic acids is 1. The van der Waals surface area contributed by atoms with Gasteiger partial charge in [-0.3, -0.25) is 0 Å². The van der Waals surface area contributed by atoms with Crippen LogP contribution in [0.15, 0.2) is 18.2 Å². The molecule has 0 heterocycles. The average Bonchev–Trinajstić information content (AvgIpc) is 2.42. The minimum absolute atomic E-state index is 0.255. The van der Waals surface area contributed by atoms with Gasteiger partial charge in [-0.2, -0.15) is 0 Å². The van der Waals surface area contributed by atoms with Crippen molar-refractivity contribution in [2.24, 2.45) is 5.92 Å². The molecule has 2 nitrogen and oxygen atoms in total. The van der Waals surface area contributed by atoms with Crippen LogP contribution >= 0.6 is 0 Å². The Morgan fingerprint density at radius 3 is 2.68 bits per heavy atom. The zero-order valence-electron chi connectivity index (χ0n) is 11.4. The van der Waals surface area contributed by atoms with Crippen LogP contribution in [0.2, 0.25) is 0 Å². The topological polar surface area (TPSA) is 26.3 Å². The monoisotopic (exact) mass is 270 g/mol. The van der Waals surface area contributed by atoms with Crippen molar-refractivity contribution in [1.82, 2.24) is 0 Å². The largest absolute Gasteiger partial charge is 0.462 e. The van der Waals surface area contributed by atoms with E-state index in [0.717, 1.165) is 31.7 Å². The van der Waals surface area contributed by atoms with Crippen molar-refractivity contribution in [3.63, 3.8) is 0 Å². The fourth-order valence-corrected chi connectivity index (χ4v) is 1.83. The van der Waals surface area contributed by atoms with Crippen molar-refractivity contribution in [3.05, 3.63) is 35.4 Å². The predicted molar refractivity (Wildman–Crippen MR) is 69.9 cm³/mol. The second-order valence-electron chi connectivity index (χ2n) is 4.62. The molecule has 1 rings (SSSR count). The third-order valence-corrected chi connectivity index (χ3v) is 3.16. The first kappa shape index (κ1) is 15.6. The number of hydrogen-bond donors (Lipinski definition) is 0. The Labute approximate surface area is 112 Å². The number of hydrogen-bond acceptors (Lipinski definition) is 2. The van der Waals surface area contributed by atoms with Crippen molar-refractivity contribution in [2.45, 2.75) is 39.5 Å². The molecular formula is C15H20F2O2. The van der Waals surface area contributed by atoms with Gasteiger partial charge < -0.3 is 4.74 Å². The summed E-state index contributed by atoms with van der Waals surface area (Å²) in [5, 5.41) is 0. The van der Waals surface area contributed by atoms with Gasteiger partial charge in [0.2, 0.25) is 0 Å². The highest BCUT2D eigenvalue weighted by Gasteiger charge is 2.17. The van der Waals surface area contributed by atoms with Gasteiger partial charge in [-0.15, -0.1) is 0 Å². The number of carbonyl (C=O) groups is 1. The fourth-order valence-electron chi connectivity index (χ4n) is 1.83. The van der Waals surface area contributed by atoms with Gasteiger partial charge >= 0.3 is 5.97 Å². The number of rotatable bonds is 7.